The largest absolute Gasteiger partial charge is 0.325 e. The molecule has 6 nitrogen and oxygen atoms in total. The van der Waals surface area contributed by atoms with Crippen LogP contribution in [0.4, 0.5) is 8.78 Å². The van der Waals surface area contributed by atoms with Gasteiger partial charge in [0, 0.05) is 0 Å². The van der Waals surface area contributed by atoms with Crippen LogP contribution in [0.3, 0.4) is 0 Å². The fraction of sp³-hybridized carbons (Fsp3) is 1.00. The average molecular weight is 306 g/mol. The van der Waals surface area contributed by atoms with E-state index in [1.807, 2.05) is 0 Å². The second kappa shape index (κ2) is 5.35. The van der Waals surface area contributed by atoms with Gasteiger partial charge >= 0.3 is 0 Å². The zero-order valence-electron chi connectivity index (χ0n) is 9.60. The summed E-state index contributed by atoms with van der Waals surface area (Å²) in [7, 11) is -7.11. The van der Waals surface area contributed by atoms with E-state index >= 15 is 0 Å². The van der Waals surface area contributed by atoms with Crippen LogP contribution in [0, 0.1) is 0 Å². The topological polar surface area (TPSA) is 106 Å². The second-order valence-electron chi connectivity index (χ2n) is 4.28. The number of rotatable bonds is 5. The molecule has 0 unspecified atom stereocenters. The van der Waals surface area contributed by atoms with E-state index in [-0.39, 0.29) is 24.3 Å². The Kier molecular flexibility index (Phi) is 4.68. The maximum atomic E-state index is 12.8. The first-order chi connectivity index (χ1) is 8.08. The highest BCUT2D eigenvalue weighted by atomic mass is 32.2. The Balaban J connectivity index is 2.61. The van der Waals surface area contributed by atoms with E-state index in [2.05, 4.69) is 0 Å². The average Bonchev–Trinajstić information content (AvgIpc) is 2.26. The van der Waals surface area contributed by atoms with Crippen LogP contribution in [-0.4, -0.2) is 52.6 Å². The Morgan fingerprint density at radius 3 is 2.22 bits per heavy atom. The minimum atomic E-state index is -3.93. The Hall–Kier alpha value is -0.320. The zero-order valence-corrected chi connectivity index (χ0v) is 11.2. The van der Waals surface area contributed by atoms with E-state index in [0.29, 0.717) is 0 Å². The van der Waals surface area contributed by atoms with Crippen LogP contribution in [0.5, 0.6) is 0 Å². The van der Waals surface area contributed by atoms with Crippen molar-refractivity contribution in [2.24, 2.45) is 5.73 Å². The first kappa shape index (κ1) is 15.7. The van der Waals surface area contributed by atoms with Gasteiger partial charge in [0.05, 0.1) is 29.8 Å². The lowest BCUT2D eigenvalue weighted by molar-refractivity contribution is 0.0170. The van der Waals surface area contributed by atoms with Gasteiger partial charge in [-0.25, -0.2) is 30.3 Å². The smallest absolute Gasteiger partial charge is 0.273 e. The lowest BCUT2D eigenvalue weighted by Gasteiger charge is -2.23. The summed E-state index contributed by atoms with van der Waals surface area (Å²) < 4.78 is 73.1. The zero-order chi connectivity index (χ0) is 14.0. The van der Waals surface area contributed by atoms with Crippen LogP contribution in [-0.2, 0) is 19.9 Å². The number of sulfonamides is 1. The molecular weight excluding hydrogens is 290 g/mol. The molecule has 1 aliphatic heterocycles. The number of nitrogens with one attached hydrogen (secondary N) is 1. The molecular formula is C8H16F2N2O4S2. The van der Waals surface area contributed by atoms with Gasteiger partial charge in [-0.15, -0.1) is 0 Å². The van der Waals surface area contributed by atoms with Crippen molar-refractivity contribution in [3.8, 4) is 0 Å². The molecule has 0 aromatic carbocycles. The molecule has 0 amide bonds. The van der Waals surface area contributed by atoms with E-state index in [9.17, 15) is 25.6 Å². The van der Waals surface area contributed by atoms with Gasteiger partial charge in [0.2, 0.25) is 10.0 Å². The molecule has 0 radical (unpaired) electrons. The normalized spacial score (nSPS) is 21.9. The molecule has 1 heterocycles. The third-order valence-corrected chi connectivity index (χ3v) is 6.38. The van der Waals surface area contributed by atoms with E-state index in [0.717, 1.165) is 0 Å². The number of halogens is 2. The highest BCUT2D eigenvalue weighted by Crippen LogP contribution is 2.19. The maximum absolute atomic E-state index is 12.8. The lowest BCUT2D eigenvalue weighted by atomic mass is 10.2. The summed E-state index contributed by atoms with van der Waals surface area (Å²) in [6.07, 6.45) is -0.127. The van der Waals surface area contributed by atoms with E-state index in [1.54, 1.807) is 4.72 Å². The molecule has 0 aromatic rings. The van der Waals surface area contributed by atoms with Gasteiger partial charge in [0.1, 0.15) is 9.84 Å². The summed E-state index contributed by atoms with van der Waals surface area (Å²) in [5.74, 6) is -3.76. The van der Waals surface area contributed by atoms with Crippen molar-refractivity contribution in [3.05, 3.63) is 0 Å². The molecule has 0 aliphatic carbocycles. The second-order valence-corrected chi connectivity index (χ2v) is 8.63. The molecule has 108 valence electrons. The van der Waals surface area contributed by atoms with Gasteiger partial charge in [-0.05, 0) is 12.8 Å². The highest BCUT2D eigenvalue weighted by molar-refractivity contribution is 7.92. The van der Waals surface area contributed by atoms with Crippen LogP contribution in [0.2, 0.25) is 0 Å². The highest BCUT2D eigenvalue weighted by Gasteiger charge is 2.35. The Bertz CT molecular complexity index is 475. The van der Waals surface area contributed by atoms with Gasteiger partial charge in [0.15, 0.2) is 0 Å². The molecule has 1 rings (SSSR count). The monoisotopic (exact) mass is 306 g/mol. The third kappa shape index (κ3) is 4.41. The van der Waals surface area contributed by atoms with Crippen LogP contribution >= 0.6 is 0 Å². The summed E-state index contributed by atoms with van der Waals surface area (Å²) in [5, 5.41) is -0.936. The standard InChI is InChI=1S/C8H16F2N2O4S2/c9-8(10,5-11)6-12-18(15,16)7-1-3-17(13,14)4-2-7/h7,12H,1-6,11H2. The molecule has 1 fully saturated rings. The first-order valence-electron chi connectivity index (χ1n) is 5.35. The fourth-order valence-corrected chi connectivity index (χ4v) is 4.87. The van der Waals surface area contributed by atoms with Gasteiger partial charge in [0.25, 0.3) is 5.92 Å². The molecule has 0 spiro atoms. The fourth-order valence-electron chi connectivity index (χ4n) is 1.57. The predicted molar refractivity (Wildman–Crippen MR) is 62.6 cm³/mol. The van der Waals surface area contributed by atoms with E-state index in [4.69, 9.17) is 5.73 Å². The van der Waals surface area contributed by atoms with Gasteiger partial charge < -0.3 is 5.73 Å². The SMILES string of the molecule is NCC(F)(F)CNS(=O)(=O)C1CCS(=O)(=O)CC1. The van der Waals surface area contributed by atoms with Crippen LogP contribution in [0.15, 0.2) is 0 Å². The molecule has 3 N–H and O–H groups in total. The molecule has 10 heteroatoms. The first-order valence-corrected chi connectivity index (χ1v) is 8.71. The molecule has 18 heavy (non-hydrogen) atoms. The van der Waals surface area contributed by atoms with Crippen molar-refractivity contribution >= 4 is 19.9 Å². The number of nitrogens with two attached hydrogens (primary N) is 1. The van der Waals surface area contributed by atoms with Crippen LogP contribution in [0.25, 0.3) is 0 Å². The number of alkyl halides is 2. The summed E-state index contributed by atoms with van der Waals surface area (Å²) in [6, 6.07) is 0. The molecule has 0 saturated carbocycles. The molecule has 1 saturated heterocycles. The predicted octanol–water partition coefficient (Wildman–Crippen LogP) is -0.923. The minimum Gasteiger partial charge on any atom is -0.325 e. The van der Waals surface area contributed by atoms with Crippen molar-refractivity contribution in [3.63, 3.8) is 0 Å². The van der Waals surface area contributed by atoms with Crippen molar-refractivity contribution < 1.29 is 25.6 Å². The molecule has 0 aromatic heterocycles. The summed E-state index contributed by atoms with van der Waals surface area (Å²) in [4.78, 5) is 0. The van der Waals surface area contributed by atoms with Crippen molar-refractivity contribution in [2.75, 3.05) is 24.6 Å². The maximum Gasteiger partial charge on any atom is 0.273 e. The minimum absolute atomic E-state index is 0.0636. The van der Waals surface area contributed by atoms with E-state index in [1.165, 1.54) is 0 Å². The summed E-state index contributed by atoms with van der Waals surface area (Å²) in [6.45, 7) is -2.01. The van der Waals surface area contributed by atoms with Crippen LogP contribution in [0.1, 0.15) is 12.8 Å². The Morgan fingerprint density at radius 2 is 1.78 bits per heavy atom. The molecule has 0 atom stereocenters. The quantitative estimate of drug-likeness (QED) is 0.683. The molecule has 0 bridgehead atoms. The summed E-state index contributed by atoms with van der Waals surface area (Å²) in [5.41, 5.74) is 4.79. The number of hydrogen-bond acceptors (Lipinski definition) is 5. The Labute approximate surface area is 105 Å². The van der Waals surface area contributed by atoms with Crippen molar-refractivity contribution in [1.29, 1.82) is 0 Å². The third-order valence-electron chi connectivity index (χ3n) is 2.77. The Morgan fingerprint density at radius 1 is 1.28 bits per heavy atom. The van der Waals surface area contributed by atoms with Crippen molar-refractivity contribution in [1.82, 2.24) is 4.72 Å². The van der Waals surface area contributed by atoms with Gasteiger partial charge in [-0.1, -0.05) is 0 Å². The number of hydrogen-bond donors (Lipinski definition) is 2. The van der Waals surface area contributed by atoms with Crippen LogP contribution < -0.4 is 10.5 Å². The molecule has 1 aliphatic rings. The summed E-state index contributed by atoms with van der Waals surface area (Å²) >= 11 is 0. The lowest BCUT2D eigenvalue weighted by Crippen LogP contribution is -2.46. The van der Waals surface area contributed by atoms with Crippen molar-refractivity contribution in [2.45, 2.75) is 24.0 Å². The van der Waals surface area contributed by atoms with E-state index < -0.39 is 44.1 Å². The number of sulfone groups is 1. The van der Waals surface area contributed by atoms with Gasteiger partial charge in [-0.3, -0.25) is 0 Å². The van der Waals surface area contributed by atoms with Gasteiger partial charge in [-0.2, -0.15) is 0 Å².